The van der Waals surface area contributed by atoms with Crippen LogP contribution in [-0.2, 0) is 19.6 Å². The van der Waals surface area contributed by atoms with Gasteiger partial charge >= 0.3 is 0 Å². The Hall–Kier alpha value is -1.39. The van der Waals surface area contributed by atoms with E-state index in [1.54, 1.807) is 11.3 Å². The number of benzene rings is 1. The van der Waals surface area contributed by atoms with Crippen molar-refractivity contribution in [2.45, 2.75) is 47.3 Å². The number of thiazole rings is 1. The Kier molecular flexibility index (Phi) is 5.76. The molecule has 0 saturated carbocycles. The minimum absolute atomic E-state index is 0.551. The van der Waals surface area contributed by atoms with E-state index in [9.17, 15) is 0 Å². The summed E-state index contributed by atoms with van der Waals surface area (Å²) >= 11 is 1.76. The smallest absolute Gasteiger partial charge is 0.140 e. The average molecular weight is 304 g/mol. The molecule has 0 spiro atoms. The standard InChI is InChI=1S/C17H24N2OS/c1-5-14-15(10-18-6-2)21-16(19-14)11-20-17-12(3)8-7-9-13(17)4/h7-9,18H,5-6,10-11H2,1-4H3. The summed E-state index contributed by atoms with van der Waals surface area (Å²) in [4.78, 5) is 6.04. The summed E-state index contributed by atoms with van der Waals surface area (Å²) in [6.45, 7) is 10.9. The topological polar surface area (TPSA) is 34.1 Å². The van der Waals surface area contributed by atoms with Gasteiger partial charge in [-0.1, -0.05) is 32.0 Å². The van der Waals surface area contributed by atoms with Crippen molar-refractivity contribution in [1.29, 1.82) is 0 Å². The van der Waals surface area contributed by atoms with Crippen LogP contribution in [0.4, 0.5) is 0 Å². The molecule has 0 bridgehead atoms. The van der Waals surface area contributed by atoms with Crippen LogP contribution in [0.3, 0.4) is 0 Å². The van der Waals surface area contributed by atoms with Gasteiger partial charge in [-0.2, -0.15) is 0 Å². The van der Waals surface area contributed by atoms with Crippen molar-refractivity contribution < 1.29 is 4.74 Å². The number of para-hydroxylation sites is 1. The third-order valence-electron chi connectivity index (χ3n) is 3.44. The van der Waals surface area contributed by atoms with Gasteiger partial charge in [-0.25, -0.2) is 4.98 Å². The highest BCUT2D eigenvalue weighted by atomic mass is 32.1. The molecule has 1 N–H and O–H groups in total. The normalized spacial score (nSPS) is 10.9. The minimum atomic E-state index is 0.551. The summed E-state index contributed by atoms with van der Waals surface area (Å²) in [5.74, 6) is 0.985. The van der Waals surface area contributed by atoms with Crippen molar-refractivity contribution in [2.24, 2.45) is 0 Å². The van der Waals surface area contributed by atoms with E-state index < -0.39 is 0 Å². The predicted molar refractivity (Wildman–Crippen MR) is 89.1 cm³/mol. The highest BCUT2D eigenvalue weighted by Crippen LogP contribution is 2.25. The molecule has 3 nitrogen and oxygen atoms in total. The fourth-order valence-corrected chi connectivity index (χ4v) is 3.35. The Bertz CT molecular complexity index is 572. The fraction of sp³-hybridized carbons (Fsp3) is 0.471. The zero-order valence-electron chi connectivity index (χ0n) is 13.3. The maximum Gasteiger partial charge on any atom is 0.140 e. The number of nitrogens with one attached hydrogen (secondary N) is 1. The highest BCUT2D eigenvalue weighted by molar-refractivity contribution is 7.11. The largest absolute Gasteiger partial charge is 0.486 e. The van der Waals surface area contributed by atoms with Crippen LogP contribution in [0.5, 0.6) is 5.75 Å². The molecule has 114 valence electrons. The molecule has 1 aromatic heterocycles. The molecule has 0 radical (unpaired) electrons. The molecule has 0 aliphatic carbocycles. The van der Waals surface area contributed by atoms with E-state index in [4.69, 9.17) is 9.72 Å². The van der Waals surface area contributed by atoms with E-state index in [1.165, 1.54) is 21.7 Å². The second-order valence-electron chi connectivity index (χ2n) is 5.12. The third kappa shape index (κ3) is 4.05. The van der Waals surface area contributed by atoms with Crippen molar-refractivity contribution in [1.82, 2.24) is 10.3 Å². The van der Waals surface area contributed by atoms with E-state index in [0.717, 1.165) is 30.3 Å². The van der Waals surface area contributed by atoms with Crippen LogP contribution in [-0.4, -0.2) is 11.5 Å². The molecule has 0 amide bonds. The second kappa shape index (κ2) is 7.57. The maximum absolute atomic E-state index is 6.00. The maximum atomic E-state index is 6.00. The first-order valence-corrected chi connectivity index (χ1v) is 8.34. The van der Waals surface area contributed by atoms with Gasteiger partial charge in [0.15, 0.2) is 0 Å². The summed E-state index contributed by atoms with van der Waals surface area (Å²) < 4.78 is 6.00. The highest BCUT2D eigenvalue weighted by Gasteiger charge is 2.11. The molecular weight excluding hydrogens is 280 g/mol. The van der Waals surface area contributed by atoms with Crippen LogP contribution in [0, 0.1) is 13.8 Å². The van der Waals surface area contributed by atoms with Gasteiger partial charge in [0.1, 0.15) is 17.4 Å². The van der Waals surface area contributed by atoms with Crippen LogP contribution >= 0.6 is 11.3 Å². The first kappa shape index (κ1) is 16.0. The van der Waals surface area contributed by atoms with Crippen molar-refractivity contribution in [2.75, 3.05) is 6.54 Å². The van der Waals surface area contributed by atoms with E-state index in [0.29, 0.717) is 6.61 Å². The van der Waals surface area contributed by atoms with E-state index in [1.807, 2.05) is 0 Å². The lowest BCUT2D eigenvalue weighted by Gasteiger charge is -2.10. The van der Waals surface area contributed by atoms with Crippen molar-refractivity contribution in [3.63, 3.8) is 0 Å². The average Bonchev–Trinajstić information content (AvgIpc) is 2.87. The lowest BCUT2D eigenvalue weighted by Crippen LogP contribution is -2.11. The van der Waals surface area contributed by atoms with Gasteiger partial charge in [0.25, 0.3) is 0 Å². The van der Waals surface area contributed by atoms with Crippen molar-refractivity contribution in [3.8, 4) is 5.75 Å². The molecule has 0 unspecified atom stereocenters. The Morgan fingerprint density at radius 1 is 1.19 bits per heavy atom. The molecule has 0 fully saturated rings. The predicted octanol–water partition coefficient (Wildman–Crippen LogP) is 4.01. The molecule has 0 aliphatic heterocycles. The van der Waals surface area contributed by atoms with Crippen LogP contribution < -0.4 is 10.1 Å². The molecule has 0 saturated heterocycles. The van der Waals surface area contributed by atoms with Gasteiger partial charge in [-0.15, -0.1) is 11.3 Å². The summed E-state index contributed by atoms with van der Waals surface area (Å²) in [5.41, 5.74) is 3.55. The Morgan fingerprint density at radius 3 is 2.52 bits per heavy atom. The van der Waals surface area contributed by atoms with Gasteiger partial charge in [0.2, 0.25) is 0 Å². The zero-order valence-corrected chi connectivity index (χ0v) is 14.1. The summed E-state index contributed by atoms with van der Waals surface area (Å²) in [5, 5.41) is 4.43. The number of hydrogen-bond acceptors (Lipinski definition) is 4. The molecule has 1 heterocycles. The molecule has 21 heavy (non-hydrogen) atoms. The van der Waals surface area contributed by atoms with Gasteiger partial charge in [-0.05, 0) is 37.9 Å². The molecule has 0 atom stereocenters. The fourth-order valence-electron chi connectivity index (χ4n) is 2.31. The number of rotatable bonds is 7. The number of aromatic nitrogens is 1. The summed E-state index contributed by atoms with van der Waals surface area (Å²) in [6, 6.07) is 6.22. The summed E-state index contributed by atoms with van der Waals surface area (Å²) in [6.07, 6.45) is 0.973. The zero-order chi connectivity index (χ0) is 15.2. The molecule has 2 rings (SSSR count). The quantitative estimate of drug-likeness (QED) is 0.839. The SMILES string of the molecule is CCNCc1sc(COc2c(C)cccc2C)nc1CC. The van der Waals surface area contributed by atoms with Crippen LogP contribution in [0.15, 0.2) is 18.2 Å². The molecule has 0 aliphatic rings. The minimum Gasteiger partial charge on any atom is -0.486 e. The van der Waals surface area contributed by atoms with Crippen LogP contribution in [0.2, 0.25) is 0 Å². The molecule has 1 aromatic carbocycles. The van der Waals surface area contributed by atoms with E-state index in [-0.39, 0.29) is 0 Å². The number of aryl methyl sites for hydroxylation is 3. The second-order valence-corrected chi connectivity index (χ2v) is 6.29. The van der Waals surface area contributed by atoms with Gasteiger partial charge in [0.05, 0.1) is 5.69 Å². The summed E-state index contributed by atoms with van der Waals surface area (Å²) in [7, 11) is 0. The number of nitrogens with zero attached hydrogens (tertiary/aromatic N) is 1. The van der Waals surface area contributed by atoms with Crippen molar-refractivity contribution in [3.05, 3.63) is 44.9 Å². The van der Waals surface area contributed by atoms with Crippen molar-refractivity contribution >= 4 is 11.3 Å². The Labute approximate surface area is 131 Å². The number of hydrogen-bond donors (Lipinski definition) is 1. The van der Waals surface area contributed by atoms with Gasteiger partial charge in [0, 0.05) is 11.4 Å². The Morgan fingerprint density at radius 2 is 1.90 bits per heavy atom. The van der Waals surface area contributed by atoms with Gasteiger partial charge in [-0.3, -0.25) is 0 Å². The third-order valence-corrected chi connectivity index (χ3v) is 4.51. The van der Waals surface area contributed by atoms with Crippen LogP contribution in [0.1, 0.15) is 40.6 Å². The lowest BCUT2D eigenvalue weighted by molar-refractivity contribution is 0.301. The molecule has 2 aromatic rings. The van der Waals surface area contributed by atoms with E-state index in [2.05, 4.69) is 51.2 Å². The Balaban J connectivity index is 2.08. The van der Waals surface area contributed by atoms with Crippen LogP contribution in [0.25, 0.3) is 0 Å². The first-order valence-electron chi connectivity index (χ1n) is 7.52. The molecular formula is C17H24N2OS. The lowest BCUT2D eigenvalue weighted by atomic mass is 10.1. The van der Waals surface area contributed by atoms with Gasteiger partial charge < -0.3 is 10.1 Å². The number of ether oxygens (including phenoxy) is 1. The first-order chi connectivity index (χ1) is 10.2. The molecule has 4 heteroatoms. The monoisotopic (exact) mass is 304 g/mol. The van der Waals surface area contributed by atoms with E-state index >= 15 is 0 Å².